The Balaban J connectivity index is 0.979. The van der Waals surface area contributed by atoms with Gasteiger partial charge in [-0.15, -0.1) is 0 Å². The summed E-state index contributed by atoms with van der Waals surface area (Å²) >= 11 is 0. The summed E-state index contributed by atoms with van der Waals surface area (Å²) in [5.41, 5.74) is 5.80. The Bertz CT molecular complexity index is 2120. The van der Waals surface area contributed by atoms with Crippen LogP contribution in [0.5, 0.6) is 5.75 Å². The van der Waals surface area contributed by atoms with Gasteiger partial charge in [0.1, 0.15) is 5.75 Å². The summed E-state index contributed by atoms with van der Waals surface area (Å²) in [5, 5.41) is 22.2. The van der Waals surface area contributed by atoms with Gasteiger partial charge in [0.25, 0.3) is 5.91 Å². The summed E-state index contributed by atoms with van der Waals surface area (Å²) in [5.74, 6) is 0.929. The number of carbonyl (C=O) groups excluding carboxylic acids is 2. The number of phenolic OH excluding ortho intramolecular Hbond substituents is 1. The van der Waals surface area contributed by atoms with E-state index in [1.165, 1.54) is 0 Å². The number of ether oxygens (including phenoxy) is 2. The lowest BCUT2D eigenvalue weighted by Gasteiger charge is -2.12. The first-order valence-electron chi connectivity index (χ1n) is 18.1. The number of nitrogens with one attached hydrogen (secondary N) is 4. The summed E-state index contributed by atoms with van der Waals surface area (Å²) in [6, 6.07) is 41.1. The van der Waals surface area contributed by atoms with E-state index in [2.05, 4.69) is 60.5 Å². The number of anilines is 5. The van der Waals surface area contributed by atoms with Gasteiger partial charge in [0.15, 0.2) is 5.78 Å². The molecule has 12 nitrogen and oxygen atoms in total. The van der Waals surface area contributed by atoms with E-state index >= 15 is 0 Å². The van der Waals surface area contributed by atoms with Gasteiger partial charge in [0.2, 0.25) is 17.8 Å². The van der Waals surface area contributed by atoms with E-state index in [1.807, 2.05) is 60.7 Å². The maximum Gasteiger partial charge on any atom is 0.251 e. The first-order valence-corrected chi connectivity index (χ1v) is 18.1. The molecule has 0 atom stereocenters. The summed E-state index contributed by atoms with van der Waals surface area (Å²) in [6.07, 6.45) is 1.09. The van der Waals surface area contributed by atoms with Gasteiger partial charge in [-0.2, -0.15) is 15.0 Å². The highest BCUT2D eigenvalue weighted by atomic mass is 16.5. The Morgan fingerprint density at radius 3 is 1.87 bits per heavy atom. The van der Waals surface area contributed by atoms with Crippen molar-refractivity contribution in [2.75, 3.05) is 48.9 Å². The number of aromatic hydroxyl groups is 1. The molecule has 1 heterocycles. The normalized spacial score (nSPS) is 10.8. The first kappa shape index (κ1) is 38.1. The summed E-state index contributed by atoms with van der Waals surface area (Å²) in [4.78, 5) is 38.7. The van der Waals surface area contributed by atoms with Crippen LogP contribution in [0.15, 0.2) is 133 Å². The van der Waals surface area contributed by atoms with Crippen molar-refractivity contribution in [2.45, 2.75) is 19.4 Å². The van der Waals surface area contributed by atoms with Crippen LogP contribution >= 0.6 is 0 Å². The number of carbonyl (C=O) groups is 2. The van der Waals surface area contributed by atoms with Gasteiger partial charge in [-0.3, -0.25) is 9.59 Å². The molecule has 0 radical (unpaired) electrons. The molecule has 5 N–H and O–H groups in total. The maximum atomic E-state index is 13.0. The van der Waals surface area contributed by atoms with E-state index in [0.29, 0.717) is 75.2 Å². The number of ketones is 1. The minimum atomic E-state index is -0.187. The van der Waals surface area contributed by atoms with Gasteiger partial charge in [-0.25, -0.2) is 0 Å². The molecule has 1 aromatic heterocycles. The molecule has 55 heavy (non-hydrogen) atoms. The number of hydrogen-bond acceptors (Lipinski definition) is 11. The molecule has 0 aliphatic carbocycles. The highest BCUT2D eigenvalue weighted by Crippen LogP contribution is 2.22. The lowest BCUT2D eigenvalue weighted by atomic mass is 10.0. The maximum absolute atomic E-state index is 13.0. The molecule has 0 fully saturated rings. The number of aromatic nitrogens is 3. The van der Waals surface area contributed by atoms with Crippen molar-refractivity contribution in [1.29, 1.82) is 0 Å². The molecule has 6 aromatic rings. The smallest absolute Gasteiger partial charge is 0.251 e. The molecule has 6 rings (SSSR count). The van der Waals surface area contributed by atoms with Crippen LogP contribution in [0.2, 0.25) is 0 Å². The van der Waals surface area contributed by atoms with Crippen molar-refractivity contribution in [1.82, 2.24) is 20.3 Å². The van der Waals surface area contributed by atoms with Gasteiger partial charge < -0.3 is 35.8 Å². The Labute approximate surface area is 320 Å². The van der Waals surface area contributed by atoms with Crippen molar-refractivity contribution in [2.24, 2.45) is 0 Å². The largest absolute Gasteiger partial charge is 0.508 e. The summed E-state index contributed by atoms with van der Waals surface area (Å²) < 4.78 is 11.3. The number of benzene rings is 5. The molecular weight excluding hydrogens is 695 g/mol. The van der Waals surface area contributed by atoms with Crippen molar-refractivity contribution in [3.05, 3.63) is 150 Å². The molecule has 280 valence electrons. The van der Waals surface area contributed by atoms with E-state index in [4.69, 9.17) is 9.47 Å². The third kappa shape index (κ3) is 12.2. The second-order valence-corrected chi connectivity index (χ2v) is 12.5. The van der Waals surface area contributed by atoms with Crippen LogP contribution in [0, 0.1) is 0 Å². The topological polar surface area (TPSA) is 160 Å². The number of hydrogen-bond donors (Lipinski definition) is 5. The lowest BCUT2D eigenvalue weighted by Crippen LogP contribution is -2.22. The summed E-state index contributed by atoms with van der Waals surface area (Å²) in [7, 11) is 0. The number of amides is 1. The predicted molar refractivity (Wildman–Crippen MR) is 214 cm³/mol. The number of rotatable bonds is 20. The number of Topliss-reactive ketones (excluding diaryl/α,β-unsaturated/α-hetero) is 1. The molecule has 0 unspecified atom stereocenters. The van der Waals surface area contributed by atoms with Gasteiger partial charge in [-0.05, 0) is 77.7 Å². The van der Waals surface area contributed by atoms with Crippen molar-refractivity contribution >= 4 is 40.9 Å². The lowest BCUT2D eigenvalue weighted by molar-refractivity contribution is 0.0497. The minimum absolute atomic E-state index is 0.111. The Hall–Kier alpha value is -6.63. The number of nitrogens with zero attached hydrogens (tertiary/aromatic N) is 3. The molecule has 0 bridgehead atoms. The van der Waals surface area contributed by atoms with Crippen LogP contribution in [-0.2, 0) is 16.0 Å². The Morgan fingerprint density at radius 1 is 0.582 bits per heavy atom. The standard InChI is InChI=1S/C43H43N7O5/c51-38-22-20-37(21-23-38)47-43-49-41(44-24-26-55-28-27-54-25-8-15-39(52)33-12-5-2-6-13-33)48-42(50-43)46-36-18-16-34(17-19-36)40(53)45-30-31-9-7-14-35(29-31)32-10-3-1-4-11-32/h1-7,9-14,16-23,29,51H,8,15,24-28,30H2,(H,45,53)(H3,44,46,47,48,49,50). The highest BCUT2D eigenvalue weighted by Gasteiger charge is 2.11. The van der Waals surface area contributed by atoms with Crippen molar-refractivity contribution in [3.8, 4) is 16.9 Å². The van der Waals surface area contributed by atoms with E-state index in [9.17, 15) is 14.7 Å². The molecule has 1 amide bonds. The summed E-state index contributed by atoms with van der Waals surface area (Å²) in [6.45, 7) is 2.51. The average Bonchev–Trinajstić information content (AvgIpc) is 3.22. The molecule has 0 saturated heterocycles. The SMILES string of the molecule is O=C(CCCOCCOCCNc1nc(Nc2ccc(O)cc2)nc(Nc2ccc(C(=O)NCc3cccc(-c4ccccc4)c3)cc2)n1)c1ccccc1. The predicted octanol–water partition coefficient (Wildman–Crippen LogP) is 7.77. The molecule has 12 heteroatoms. The highest BCUT2D eigenvalue weighted by molar-refractivity contribution is 5.96. The van der Waals surface area contributed by atoms with Crippen LogP contribution in [0.3, 0.4) is 0 Å². The molecule has 0 saturated carbocycles. The van der Waals surface area contributed by atoms with Gasteiger partial charge in [0, 0.05) is 48.6 Å². The molecule has 0 aliphatic rings. The molecule has 0 spiro atoms. The fourth-order valence-corrected chi connectivity index (χ4v) is 5.51. The second-order valence-electron chi connectivity index (χ2n) is 12.5. The first-order chi connectivity index (χ1) is 27.0. The average molecular weight is 738 g/mol. The van der Waals surface area contributed by atoms with Gasteiger partial charge in [-0.1, -0.05) is 78.9 Å². The number of phenols is 1. The van der Waals surface area contributed by atoms with Crippen LogP contribution in [0.25, 0.3) is 11.1 Å². The molecule has 0 aliphatic heterocycles. The molecule has 5 aromatic carbocycles. The Kier molecular flexibility index (Phi) is 13.9. The minimum Gasteiger partial charge on any atom is -0.508 e. The van der Waals surface area contributed by atoms with Gasteiger partial charge >= 0.3 is 0 Å². The van der Waals surface area contributed by atoms with Crippen LogP contribution in [0.4, 0.5) is 29.2 Å². The van der Waals surface area contributed by atoms with Gasteiger partial charge in [0.05, 0.1) is 19.8 Å². The van der Waals surface area contributed by atoms with E-state index in [-0.39, 0.29) is 29.3 Å². The van der Waals surface area contributed by atoms with E-state index in [1.54, 1.807) is 48.5 Å². The quantitative estimate of drug-likeness (QED) is 0.0296. The van der Waals surface area contributed by atoms with Crippen LogP contribution in [-0.4, -0.2) is 64.7 Å². The monoisotopic (exact) mass is 737 g/mol. The zero-order valence-electron chi connectivity index (χ0n) is 30.3. The third-order valence-corrected chi connectivity index (χ3v) is 8.34. The zero-order chi connectivity index (χ0) is 38.1. The van der Waals surface area contributed by atoms with Crippen molar-refractivity contribution in [3.63, 3.8) is 0 Å². The zero-order valence-corrected chi connectivity index (χ0v) is 30.3. The third-order valence-electron chi connectivity index (χ3n) is 8.34. The van der Waals surface area contributed by atoms with E-state index < -0.39 is 0 Å². The Morgan fingerprint density at radius 2 is 1.18 bits per heavy atom. The van der Waals surface area contributed by atoms with Crippen molar-refractivity contribution < 1.29 is 24.2 Å². The molecular formula is C43H43N7O5. The van der Waals surface area contributed by atoms with E-state index in [0.717, 1.165) is 22.3 Å². The van der Waals surface area contributed by atoms with Crippen LogP contribution < -0.4 is 21.3 Å². The van der Waals surface area contributed by atoms with Crippen LogP contribution in [0.1, 0.15) is 39.1 Å². The fourth-order valence-electron chi connectivity index (χ4n) is 5.51. The second kappa shape index (κ2) is 20.0. The fraction of sp³-hybridized carbons (Fsp3) is 0.186.